The number of likely N-dealkylation sites (N-methyl/N-ethyl adjacent to an activating group) is 1. The maximum absolute atomic E-state index is 12.1. The summed E-state index contributed by atoms with van der Waals surface area (Å²) in [4.78, 5) is 19.2. The lowest BCUT2D eigenvalue weighted by atomic mass is 10.0. The molecule has 2 heterocycles. The van der Waals surface area contributed by atoms with E-state index in [0.717, 1.165) is 45.7 Å². The smallest absolute Gasteiger partial charge is 0.236 e. The summed E-state index contributed by atoms with van der Waals surface area (Å²) in [6.45, 7) is 6.60. The van der Waals surface area contributed by atoms with Crippen LogP contribution >= 0.6 is 0 Å². The Labute approximate surface area is 139 Å². The van der Waals surface area contributed by atoms with Gasteiger partial charge in [-0.25, -0.2) is 0 Å². The molecule has 5 heteroatoms. The zero-order valence-corrected chi connectivity index (χ0v) is 14.1. The van der Waals surface area contributed by atoms with E-state index in [0.29, 0.717) is 12.6 Å². The molecule has 2 saturated heterocycles. The standard InChI is InChI=1S/C18H28N4O/c1-19-14-18(23)22-9-5-8-17(15-22)21-12-10-20(11-13-21)16-6-3-2-4-7-16/h2-4,6-7,17,19H,5,8-15H2,1H3. The van der Waals surface area contributed by atoms with E-state index in [1.807, 2.05) is 11.9 Å². The lowest BCUT2D eigenvalue weighted by molar-refractivity contribution is -0.132. The van der Waals surface area contributed by atoms with Gasteiger partial charge in [0.2, 0.25) is 5.91 Å². The number of likely N-dealkylation sites (tertiary alicyclic amines) is 1. The molecule has 23 heavy (non-hydrogen) atoms. The zero-order valence-electron chi connectivity index (χ0n) is 14.1. The number of hydrogen-bond donors (Lipinski definition) is 1. The van der Waals surface area contributed by atoms with Crippen LogP contribution in [0.25, 0.3) is 0 Å². The molecule has 0 aromatic heterocycles. The predicted molar refractivity (Wildman–Crippen MR) is 93.8 cm³/mol. The molecule has 1 N–H and O–H groups in total. The van der Waals surface area contributed by atoms with Gasteiger partial charge >= 0.3 is 0 Å². The molecule has 126 valence electrons. The molecule has 0 spiro atoms. The molecule has 1 amide bonds. The number of para-hydroxylation sites is 1. The number of nitrogens with one attached hydrogen (secondary N) is 1. The van der Waals surface area contributed by atoms with Crippen molar-refractivity contribution in [3.63, 3.8) is 0 Å². The molecular formula is C18H28N4O. The topological polar surface area (TPSA) is 38.8 Å². The predicted octanol–water partition coefficient (Wildman–Crippen LogP) is 1.02. The van der Waals surface area contributed by atoms with Crippen molar-refractivity contribution in [2.24, 2.45) is 0 Å². The highest BCUT2D eigenvalue weighted by Gasteiger charge is 2.29. The monoisotopic (exact) mass is 316 g/mol. The highest BCUT2D eigenvalue weighted by atomic mass is 16.2. The Bertz CT molecular complexity index is 499. The van der Waals surface area contributed by atoms with Crippen molar-refractivity contribution < 1.29 is 4.79 Å². The number of hydrogen-bond acceptors (Lipinski definition) is 4. The highest BCUT2D eigenvalue weighted by molar-refractivity contribution is 5.78. The molecule has 2 fully saturated rings. The molecule has 0 bridgehead atoms. The van der Waals surface area contributed by atoms with E-state index < -0.39 is 0 Å². The van der Waals surface area contributed by atoms with Gasteiger partial charge < -0.3 is 15.1 Å². The van der Waals surface area contributed by atoms with Gasteiger partial charge in [-0.1, -0.05) is 18.2 Å². The van der Waals surface area contributed by atoms with Crippen molar-refractivity contribution in [2.75, 3.05) is 57.8 Å². The van der Waals surface area contributed by atoms with Crippen LogP contribution in [0.15, 0.2) is 30.3 Å². The van der Waals surface area contributed by atoms with Crippen LogP contribution in [0.4, 0.5) is 5.69 Å². The molecule has 1 aromatic carbocycles. The molecular weight excluding hydrogens is 288 g/mol. The molecule has 1 unspecified atom stereocenters. The normalized spacial score (nSPS) is 23.1. The minimum atomic E-state index is 0.236. The van der Waals surface area contributed by atoms with E-state index in [2.05, 4.69) is 45.4 Å². The Morgan fingerprint density at radius 2 is 1.87 bits per heavy atom. The quantitative estimate of drug-likeness (QED) is 0.900. The molecule has 5 nitrogen and oxygen atoms in total. The summed E-state index contributed by atoms with van der Waals surface area (Å²) >= 11 is 0. The van der Waals surface area contributed by atoms with Crippen molar-refractivity contribution >= 4 is 11.6 Å². The SMILES string of the molecule is CNCC(=O)N1CCCC(N2CCN(c3ccccc3)CC2)C1. The van der Waals surface area contributed by atoms with Crippen LogP contribution in [0.3, 0.4) is 0 Å². The van der Waals surface area contributed by atoms with Crippen molar-refractivity contribution in [2.45, 2.75) is 18.9 Å². The third-order valence-electron chi connectivity index (χ3n) is 5.03. The molecule has 2 aliphatic heterocycles. The Morgan fingerprint density at radius 3 is 2.57 bits per heavy atom. The number of carbonyl (C=O) groups excluding carboxylic acids is 1. The van der Waals surface area contributed by atoms with Crippen molar-refractivity contribution in [1.82, 2.24) is 15.1 Å². The molecule has 3 rings (SSSR count). The van der Waals surface area contributed by atoms with E-state index >= 15 is 0 Å². The summed E-state index contributed by atoms with van der Waals surface area (Å²) in [5.74, 6) is 0.236. The molecule has 0 aliphatic carbocycles. The van der Waals surface area contributed by atoms with Crippen LogP contribution in [-0.2, 0) is 4.79 Å². The number of nitrogens with zero attached hydrogens (tertiary/aromatic N) is 3. The summed E-state index contributed by atoms with van der Waals surface area (Å²) < 4.78 is 0. The van der Waals surface area contributed by atoms with E-state index in [-0.39, 0.29) is 5.91 Å². The van der Waals surface area contributed by atoms with E-state index in [1.54, 1.807) is 0 Å². The minimum Gasteiger partial charge on any atom is -0.369 e. The second-order valence-corrected chi connectivity index (χ2v) is 6.52. The van der Waals surface area contributed by atoms with E-state index in [9.17, 15) is 4.79 Å². The summed E-state index contributed by atoms with van der Waals surface area (Å²) in [7, 11) is 1.84. The highest BCUT2D eigenvalue weighted by Crippen LogP contribution is 2.20. The van der Waals surface area contributed by atoms with Gasteiger partial charge in [0.1, 0.15) is 0 Å². The Morgan fingerprint density at radius 1 is 1.13 bits per heavy atom. The first-order valence-electron chi connectivity index (χ1n) is 8.74. The van der Waals surface area contributed by atoms with Gasteiger partial charge in [-0.05, 0) is 32.0 Å². The van der Waals surface area contributed by atoms with Crippen LogP contribution in [0, 0.1) is 0 Å². The second kappa shape index (κ2) is 7.79. The lowest BCUT2D eigenvalue weighted by Crippen LogP contribution is -2.56. The van der Waals surface area contributed by atoms with Gasteiger partial charge in [0.05, 0.1) is 6.54 Å². The summed E-state index contributed by atoms with van der Waals surface area (Å²) in [6, 6.07) is 11.2. The minimum absolute atomic E-state index is 0.236. The summed E-state index contributed by atoms with van der Waals surface area (Å²) in [5, 5.41) is 2.97. The number of amides is 1. The fraction of sp³-hybridized carbons (Fsp3) is 0.611. The van der Waals surface area contributed by atoms with Crippen LogP contribution < -0.4 is 10.2 Å². The fourth-order valence-corrected chi connectivity index (χ4v) is 3.73. The summed E-state index contributed by atoms with van der Waals surface area (Å²) in [5.41, 5.74) is 1.32. The van der Waals surface area contributed by atoms with Gasteiger partial charge in [0.15, 0.2) is 0 Å². The number of piperazine rings is 1. The number of carbonyl (C=O) groups is 1. The van der Waals surface area contributed by atoms with Gasteiger partial charge in [-0.2, -0.15) is 0 Å². The third kappa shape index (κ3) is 4.03. The van der Waals surface area contributed by atoms with Crippen LogP contribution in [-0.4, -0.2) is 74.6 Å². The first-order chi connectivity index (χ1) is 11.3. The maximum Gasteiger partial charge on any atom is 0.236 e. The maximum atomic E-state index is 12.1. The molecule has 2 aliphatic rings. The number of rotatable bonds is 4. The number of anilines is 1. The fourth-order valence-electron chi connectivity index (χ4n) is 3.73. The average molecular weight is 316 g/mol. The van der Waals surface area contributed by atoms with Crippen molar-refractivity contribution in [3.05, 3.63) is 30.3 Å². The first kappa shape index (κ1) is 16.3. The number of piperidine rings is 1. The van der Waals surface area contributed by atoms with Crippen molar-refractivity contribution in [3.8, 4) is 0 Å². The molecule has 0 radical (unpaired) electrons. The zero-order chi connectivity index (χ0) is 16.1. The molecule has 1 atom stereocenters. The number of benzene rings is 1. The Hall–Kier alpha value is -1.59. The first-order valence-corrected chi connectivity index (χ1v) is 8.74. The lowest BCUT2D eigenvalue weighted by Gasteiger charge is -2.44. The van der Waals surface area contributed by atoms with E-state index in [4.69, 9.17) is 0 Å². The van der Waals surface area contributed by atoms with Crippen LogP contribution in [0.2, 0.25) is 0 Å². The van der Waals surface area contributed by atoms with Gasteiger partial charge in [0, 0.05) is 51.0 Å². The average Bonchev–Trinajstić information content (AvgIpc) is 2.63. The van der Waals surface area contributed by atoms with E-state index in [1.165, 1.54) is 12.1 Å². The van der Waals surface area contributed by atoms with Gasteiger partial charge in [-0.3, -0.25) is 9.69 Å². The molecule has 0 saturated carbocycles. The van der Waals surface area contributed by atoms with Crippen LogP contribution in [0.5, 0.6) is 0 Å². The Balaban J connectivity index is 1.52. The Kier molecular flexibility index (Phi) is 5.51. The largest absolute Gasteiger partial charge is 0.369 e. The van der Waals surface area contributed by atoms with Gasteiger partial charge in [-0.15, -0.1) is 0 Å². The van der Waals surface area contributed by atoms with Gasteiger partial charge in [0.25, 0.3) is 0 Å². The summed E-state index contributed by atoms with van der Waals surface area (Å²) in [6.07, 6.45) is 2.34. The molecule has 1 aromatic rings. The third-order valence-corrected chi connectivity index (χ3v) is 5.03. The second-order valence-electron chi connectivity index (χ2n) is 6.52. The van der Waals surface area contributed by atoms with Crippen molar-refractivity contribution in [1.29, 1.82) is 0 Å². The van der Waals surface area contributed by atoms with Crippen LogP contribution in [0.1, 0.15) is 12.8 Å².